The summed E-state index contributed by atoms with van der Waals surface area (Å²) in [7, 11) is 0. The first-order chi connectivity index (χ1) is 11.5. The molecule has 24 heavy (non-hydrogen) atoms. The molecule has 1 aromatic heterocycles. The summed E-state index contributed by atoms with van der Waals surface area (Å²) in [5, 5.41) is 2.81. The summed E-state index contributed by atoms with van der Waals surface area (Å²) in [5.41, 5.74) is 3.21. The fourth-order valence-electron chi connectivity index (χ4n) is 2.45. The Hall–Kier alpha value is -2.40. The van der Waals surface area contributed by atoms with E-state index < -0.39 is 0 Å². The summed E-state index contributed by atoms with van der Waals surface area (Å²) in [6.45, 7) is 6.56. The molecule has 0 unspecified atom stereocenters. The zero-order valence-electron chi connectivity index (χ0n) is 14.4. The molecule has 1 aromatic carbocycles. The molecule has 0 radical (unpaired) electrons. The molecule has 0 bridgehead atoms. The van der Waals surface area contributed by atoms with Crippen LogP contribution in [0, 0.1) is 19.8 Å². The number of amides is 1. The largest absolute Gasteiger partial charge is 0.376 e. The van der Waals surface area contributed by atoms with Gasteiger partial charge in [0.05, 0.1) is 19.1 Å². The number of aryl methyl sites for hydroxylation is 2. The highest BCUT2D eigenvalue weighted by Gasteiger charge is 2.14. The normalized spacial score (nSPS) is 12.0. The average Bonchev–Trinajstić information content (AvgIpc) is 2.54. The summed E-state index contributed by atoms with van der Waals surface area (Å²) in [6, 6.07) is 11.7. The number of H-pyrrole nitrogens is 1. The molecule has 0 aliphatic rings. The number of rotatable bonds is 7. The summed E-state index contributed by atoms with van der Waals surface area (Å²) in [5.74, 6) is -0.402. The fourth-order valence-corrected chi connectivity index (χ4v) is 2.45. The lowest BCUT2D eigenvalue weighted by molar-refractivity contribution is -0.126. The van der Waals surface area contributed by atoms with Crippen LogP contribution in [0.3, 0.4) is 0 Å². The predicted octanol–water partition coefficient (Wildman–Crippen LogP) is 2.46. The third-order valence-corrected chi connectivity index (χ3v) is 3.86. The van der Waals surface area contributed by atoms with Gasteiger partial charge >= 0.3 is 0 Å². The van der Waals surface area contributed by atoms with Crippen LogP contribution in [-0.4, -0.2) is 17.5 Å². The molecule has 1 amide bonds. The lowest BCUT2D eigenvalue weighted by Gasteiger charge is -2.13. The van der Waals surface area contributed by atoms with Gasteiger partial charge in [0.1, 0.15) is 0 Å². The molecule has 0 spiro atoms. The van der Waals surface area contributed by atoms with E-state index in [1.165, 1.54) is 0 Å². The quantitative estimate of drug-likeness (QED) is 0.820. The number of hydrogen-bond acceptors (Lipinski definition) is 3. The minimum atomic E-state index is -0.279. The molecule has 2 N–H and O–H groups in total. The Bertz CT molecular complexity index is 738. The molecule has 0 fully saturated rings. The fraction of sp³-hybridized carbons (Fsp3) is 0.368. The zero-order chi connectivity index (χ0) is 17.5. The van der Waals surface area contributed by atoms with Crippen LogP contribution in [0.5, 0.6) is 0 Å². The first-order valence-corrected chi connectivity index (χ1v) is 8.06. The lowest BCUT2D eigenvalue weighted by atomic mass is 10.1. The topological polar surface area (TPSA) is 71.2 Å². The monoisotopic (exact) mass is 328 g/mol. The molecule has 0 aliphatic carbocycles. The van der Waals surface area contributed by atoms with Crippen LogP contribution in [0.2, 0.25) is 0 Å². The van der Waals surface area contributed by atoms with Crippen LogP contribution in [0.25, 0.3) is 0 Å². The molecule has 2 rings (SSSR count). The molecule has 5 nitrogen and oxygen atoms in total. The van der Waals surface area contributed by atoms with Crippen molar-refractivity contribution >= 4 is 5.91 Å². The SMILES string of the molecule is Cc1cc(C)c(CNC(=O)[C@@H](C)COCc2ccccc2)c(=O)[nH]1. The van der Waals surface area contributed by atoms with Gasteiger partial charge in [0.25, 0.3) is 5.56 Å². The molecule has 5 heteroatoms. The highest BCUT2D eigenvalue weighted by molar-refractivity contribution is 5.78. The Labute approximate surface area is 142 Å². The number of aromatic amines is 1. The van der Waals surface area contributed by atoms with Gasteiger partial charge in [-0.2, -0.15) is 0 Å². The van der Waals surface area contributed by atoms with E-state index >= 15 is 0 Å². The molecular formula is C19H24N2O3. The van der Waals surface area contributed by atoms with Gasteiger partial charge in [0.2, 0.25) is 5.91 Å². The maximum absolute atomic E-state index is 12.1. The lowest BCUT2D eigenvalue weighted by Crippen LogP contribution is -2.33. The van der Waals surface area contributed by atoms with Crippen molar-refractivity contribution in [2.45, 2.75) is 33.9 Å². The minimum absolute atomic E-state index is 0.123. The molecular weight excluding hydrogens is 304 g/mol. The van der Waals surface area contributed by atoms with Crippen molar-refractivity contribution in [3.05, 3.63) is 69.1 Å². The predicted molar refractivity (Wildman–Crippen MR) is 93.6 cm³/mol. The van der Waals surface area contributed by atoms with E-state index in [1.807, 2.05) is 57.2 Å². The van der Waals surface area contributed by atoms with E-state index in [0.29, 0.717) is 18.8 Å². The second-order valence-corrected chi connectivity index (χ2v) is 6.06. The number of nitrogens with one attached hydrogen (secondary N) is 2. The van der Waals surface area contributed by atoms with Crippen molar-refractivity contribution < 1.29 is 9.53 Å². The molecule has 0 saturated heterocycles. The number of aromatic nitrogens is 1. The number of benzene rings is 1. The van der Waals surface area contributed by atoms with Crippen LogP contribution in [0.1, 0.15) is 29.3 Å². The second-order valence-electron chi connectivity index (χ2n) is 6.06. The first-order valence-electron chi connectivity index (χ1n) is 8.06. The van der Waals surface area contributed by atoms with Gasteiger partial charge in [-0.1, -0.05) is 37.3 Å². The van der Waals surface area contributed by atoms with Crippen LogP contribution >= 0.6 is 0 Å². The highest BCUT2D eigenvalue weighted by Crippen LogP contribution is 2.06. The first kappa shape index (κ1) is 17.9. The average molecular weight is 328 g/mol. The van der Waals surface area contributed by atoms with E-state index in [4.69, 9.17) is 4.74 Å². The Kier molecular flexibility index (Phi) is 6.32. The van der Waals surface area contributed by atoms with Gasteiger partial charge in [-0.25, -0.2) is 0 Å². The number of hydrogen-bond donors (Lipinski definition) is 2. The molecule has 2 aromatic rings. The standard InChI is InChI=1S/C19H24N2O3/c1-13-9-15(3)21-19(23)17(13)10-20-18(22)14(2)11-24-12-16-7-5-4-6-8-16/h4-9,14H,10-12H2,1-3H3,(H,20,22)(H,21,23)/t14-/m0/s1. The number of ether oxygens (including phenoxy) is 1. The highest BCUT2D eigenvalue weighted by atomic mass is 16.5. The van der Waals surface area contributed by atoms with Gasteiger partial charge in [-0.05, 0) is 31.0 Å². The summed E-state index contributed by atoms with van der Waals surface area (Å²) >= 11 is 0. The van der Waals surface area contributed by atoms with Crippen molar-refractivity contribution in [1.29, 1.82) is 0 Å². The number of carbonyl (C=O) groups excluding carboxylic acids is 1. The van der Waals surface area contributed by atoms with Crippen molar-refractivity contribution in [3.63, 3.8) is 0 Å². The number of pyridine rings is 1. The van der Waals surface area contributed by atoms with Crippen LogP contribution in [0.4, 0.5) is 0 Å². The molecule has 0 saturated carbocycles. The number of carbonyl (C=O) groups is 1. The molecule has 0 aliphatic heterocycles. The third-order valence-electron chi connectivity index (χ3n) is 3.86. The van der Waals surface area contributed by atoms with E-state index in [-0.39, 0.29) is 23.9 Å². The van der Waals surface area contributed by atoms with Crippen molar-refractivity contribution in [1.82, 2.24) is 10.3 Å². The van der Waals surface area contributed by atoms with E-state index in [0.717, 1.165) is 16.8 Å². The minimum Gasteiger partial charge on any atom is -0.376 e. The van der Waals surface area contributed by atoms with Crippen LogP contribution in [0.15, 0.2) is 41.2 Å². The van der Waals surface area contributed by atoms with Crippen LogP contribution < -0.4 is 10.9 Å². The maximum atomic E-state index is 12.1. The maximum Gasteiger partial charge on any atom is 0.253 e. The Morgan fingerprint density at radius 3 is 2.62 bits per heavy atom. The van der Waals surface area contributed by atoms with Crippen molar-refractivity contribution in [2.24, 2.45) is 5.92 Å². The van der Waals surface area contributed by atoms with Crippen molar-refractivity contribution in [3.8, 4) is 0 Å². The van der Waals surface area contributed by atoms with Crippen LogP contribution in [-0.2, 0) is 22.7 Å². The Morgan fingerprint density at radius 1 is 1.25 bits per heavy atom. The van der Waals surface area contributed by atoms with Crippen molar-refractivity contribution in [2.75, 3.05) is 6.61 Å². The van der Waals surface area contributed by atoms with Gasteiger partial charge in [0, 0.05) is 17.8 Å². The molecule has 1 atom stereocenters. The molecule has 1 heterocycles. The third kappa shape index (κ3) is 5.06. The van der Waals surface area contributed by atoms with Gasteiger partial charge in [-0.15, -0.1) is 0 Å². The van der Waals surface area contributed by atoms with Gasteiger partial charge in [0.15, 0.2) is 0 Å². The smallest absolute Gasteiger partial charge is 0.253 e. The van der Waals surface area contributed by atoms with E-state index in [9.17, 15) is 9.59 Å². The van der Waals surface area contributed by atoms with Gasteiger partial charge in [-0.3, -0.25) is 9.59 Å². The summed E-state index contributed by atoms with van der Waals surface area (Å²) in [4.78, 5) is 26.8. The molecule has 128 valence electrons. The summed E-state index contributed by atoms with van der Waals surface area (Å²) < 4.78 is 5.59. The van der Waals surface area contributed by atoms with Gasteiger partial charge < -0.3 is 15.0 Å². The Balaban J connectivity index is 1.81. The van der Waals surface area contributed by atoms with E-state index in [1.54, 1.807) is 0 Å². The second kappa shape index (κ2) is 8.45. The zero-order valence-corrected chi connectivity index (χ0v) is 14.4. The summed E-state index contributed by atoms with van der Waals surface area (Å²) in [6.07, 6.45) is 0. The van der Waals surface area contributed by atoms with E-state index in [2.05, 4.69) is 10.3 Å². The Morgan fingerprint density at radius 2 is 1.96 bits per heavy atom.